The van der Waals surface area contributed by atoms with Crippen molar-refractivity contribution >= 4 is 5.69 Å². The van der Waals surface area contributed by atoms with E-state index in [1.807, 2.05) is 13.0 Å². The zero-order valence-corrected chi connectivity index (χ0v) is 10.2. The van der Waals surface area contributed by atoms with Gasteiger partial charge in [0, 0.05) is 24.2 Å². The van der Waals surface area contributed by atoms with Crippen molar-refractivity contribution in [1.29, 1.82) is 0 Å². The van der Waals surface area contributed by atoms with Crippen molar-refractivity contribution in [1.82, 2.24) is 5.32 Å². The van der Waals surface area contributed by atoms with Crippen molar-refractivity contribution in [2.24, 2.45) is 0 Å². The Bertz CT molecular complexity index is 387. The topological polar surface area (TPSA) is 55.2 Å². The SMILES string of the molecule is C=CCC(C)NC(C)c1ccc([N+](=O)[O-])cc1. The van der Waals surface area contributed by atoms with E-state index in [9.17, 15) is 10.1 Å². The fourth-order valence-corrected chi connectivity index (χ4v) is 1.73. The lowest BCUT2D eigenvalue weighted by Crippen LogP contribution is -2.28. The molecule has 92 valence electrons. The van der Waals surface area contributed by atoms with E-state index in [0.29, 0.717) is 6.04 Å². The van der Waals surface area contributed by atoms with Crippen molar-refractivity contribution in [3.63, 3.8) is 0 Å². The number of non-ortho nitro benzene ring substituents is 1. The van der Waals surface area contributed by atoms with Crippen molar-refractivity contribution in [2.75, 3.05) is 0 Å². The van der Waals surface area contributed by atoms with E-state index in [4.69, 9.17) is 0 Å². The van der Waals surface area contributed by atoms with E-state index < -0.39 is 0 Å². The van der Waals surface area contributed by atoms with Gasteiger partial charge in [-0.3, -0.25) is 10.1 Å². The molecule has 0 aromatic heterocycles. The molecule has 1 aromatic carbocycles. The van der Waals surface area contributed by atoms with Crippen LogP contribution >= 0.6 is 0 Å². The van der Waals surface area contributed by atoms with Gasteiger partial charge in [0.15, 0.2) is 0 Å². The first-order valence-electron chi connectivity index (χ1n) is 5.66. The van der Waals surface area contributed by atoms with E-state index >= 15 is 0 Å². The second-order valence-electron chi connectivity index (χ2n) is 4.16. The Morgan fingerprint density at radius 2 is 2.00 bits per heavy atom. The van der Waals surface area contributed by atoms with Crippen LogP contribution in [0.15, 0.2) is 36.9 Å². The van der Waals surface area contributed by atoms with Gasteiger partial charge in [-0.15, -0.1) is 6.58 Å². The highest BCUT2D eigenvalue weighted by molar-refractivity contribution is 5.34. The number of hydrogen-bond acceptors (Lipinski definition) is 3. The monoisotopic (exact) mass is 234 g/mol. The maximum Gasteiger partial charge on any atom is 0.269 e. The maximum absolute atomic E-state index is 10.5. The molecule has 0 aliphatic carbocycles. The van der Waals surface area contributed by atoms with Gasteiger partial charge in [0.1, 0.15) is 0 Å². The third-order valence-corrected chi connectivity index (χ3v) is 2.66. The predicted octanol–water partition coefficient (Wildman–Crippen LogP) is 3.21. The highest BCUT2D eigenvalue weighted by atomic mass is 16.6. The molecule has 0 fully saturated rings. The fourth-order valence-electron chi connectivity index (χ4n) is 1.73. The zero-order valence-electron chi connectivity index (χ0n) is 10.2. The summed E-state index contributed by atoms with van der Waals surface area (Å²) in [6.45, 7) is 7.83. The maximum atomic E-state index is 10.5. The van der Waals surface area contributed by atoms with Crippen LogP contribution in [0.5, 0.6) is 0 Å². The summed E-state index contributed by atoms with van der Waals surface area (Å²) in [5, 5.41) is 13.9. The molecule has 0 radical (unpaired) electrons. The summed E-state index contributed by atoms with van der Waals surface area (Å²) in [4.78, 5) is 10.1. The van der Waals surface area contributed by atoms with Gasteiger partial charge < -0.3 is 5.32 Å². The van der Waals surface area contributed by atoms with Crippen molar-refractivity contribution < 1.29 is 4.92 Å². The minimum atomic E-state index is -0.387. The Morgan fingerprint density at radius 1 is 1.41 bits per heavy atom. The molecule has 2 atom stereocenters. The largest absolute Gasteiger partial charge is 0.307 e. The molecule has 1 rings (SSSR count). The predicted molar refractivity (Wildman–Crippen MR) is 68.9 cm³/mol. The van der Waals surface area contributed by atoms with Crippen LogP contribution in [-0.2, 0) is 0 Å². The molecule has 4 nitrogen and oxygen atoms in total. The Morgan fingerprint density at radius 3 is 2.47 bits per heavy atom. The highest BCUT2D eigenvalue weighted by Crippen LogP contribution is 2.18. The van der Waals surface area contributed by atoms with Crippen molar-refractivity contribution in [3.8, 4) is 0 Å². The minimum Gasteiger partial charge on any atom is -0.307 e. The second kappa shape index (κ2) is 6.15. The summed E-state index contributed by atoms with van der Waals surface area (Å²) in [5.41, 5.74) is 1.17. The quantitative estimate of drug-likeness (QED) is 0.467. The molecular weight excluding hydrogens is 216 g/mol. The number of benzene rings is 1. The van der Waals surface area contributed by atoms with Crippen molar-refractivity contribution in [2.45, 2.75) is 32.4 Å². The van der Waals surface area contributed by atoms with Gasteiger partial charge in [-0.2, -0.15) is 0 Å². The van der Waals surface area contributed by atoms with E-state index in [1.54, 1.807) is 12.1 Å². The fraction of sp³-hybridized carbons (Fsp3) is 0.385. The number of rotatable bonds is 6. The summed E-state index contributed by atoms with van der Waals surface area (Å²) >= 11 is 0. The number of nitro benzene ring substituents is 1. The van der Waals surface area contributed by atoms with Gasteiger partial charge in [-0.25, -0.2) is 0 Å². The first-order chi connectivity index (χ1) is 8.04. The van der Waals surface area contributed by atoms with Crippen LogP contribution in [0.25, 0.3) is 0 Å². The lowest BCUT2D eigenvalue weighted by atomic mass is 10.1. The first kappa shape index (κ1) is 13.4. The zero-order chi connectivity index (χ0) is 12.8. The van der Waals surface area contributed by atoms with E-state index in [0.717, 1.165) is 12.0 Å². The number of hydrogen-bond donors (Lipinski definition) is 1. The molecule has 2 unspecified atom stereocenters. The first-order valence-corrected chi connectivity index (χ1v) is 5.66. The molecule has 4 heteroatoms. The molecule has 1 N–H and O–H groups in total. The van der Waals surface area contributed by atoms with Crippen molar-refractivity contribution in [3.05, 3.63) is 52.6 Å². The van der Waals surface area contributed by atoms with Gasteiger partial charge in [-0.1, -0.05) is 18.2 Å². The van der Waals surface area contributed by atoms with Gasteiger partial charge >= 0.3 is 0 Å². The van der Waals surface area contributed by atoms with E-state index in [-0.39, 0.29) is 16.7 Å². The molecule has 0 heterocycles. The standard InChI is InChI=1S/C13H18N2O2/c1-4-5-10(2)14-11(3)12-6-8-13(9-7-12)15(16)17/h4,6-11,14H,1,5H2,2-3H3. The lowest BCUT2D eigenvalue weighted by molar-refractivity contribution is -0.384. The van der Waals surface area contributed by atoms with Gasteiger partial charge in [0.25, 0.3) is 5.69 Å². The minimum absolute atomic E-state index is 0.125. The molecule has 0 amide bonds. The van der Waals surface area contributed by atoms with Crippen LogP contribution in [0.4, 0.5) is 5.69 Å². The Hall–Kier alpha value is -1.68. The third-order valence-electron chi connectivity index (χ3n) is 2.66. The normalized spacial score (nSPS) is 14.0. The van der Waals surface area contributed by atoms with Gasteiger partial charge in [-0.05, 0) is 25.8 Å². The summed E-state index contributed by atoms with van der Waals surface area (Å²) in [6.07, 6.45) is 2.78. The number of nitrogens with zero attached hydrogens (tertiary/aromatic N) is 1. The number of nitro groups is 1. The summed E-state index contributed by atoms with van der Waals surface area (Å²) in [7, 11) is 0. The highest BCUT2D eigenvalue weighted by Gasteiger charge is 2.10. The van der Waals surface area contributed by atoms with E-state index in [2.05, 4.69) is 18.8 Å². The molecule has 0 bridgehead atoms. The smallest absolute Gasteiger partial charge is 0.269 e. The summed E-state index contributed by atoms with van der Waals surface area (Å²) in [5.74, 6) is 0. The van der Waals surface area contributed by atoms with Crippen LogP contribution in [0.2, 0.25) is 0 Å². The molecule has 0 aliphatic heterocycles. The van der Waals surface area contributed by atoms with Crippen LogP contribution in [0, 0.1) is 10.1 Å². The second-order valence-corrected chi connectivity index (χ2v) is 4.16. The van der Waals surface area contributed by atoms with Crippen LogP contribution in [-0.4, -0.2) is 11.0 Å². The molecule has 0 spiro atoms. The summed E-state index contributed by atoms with van der Waals surface area (Å²) < 4.78 is 0. The Kier molecular flexibility index (Phi) is 4.84. The van der Waals surface area contributed by atoms with Crippen LogP contribution < -0.4 is 5.32 Å². The lowest BCUT2D eigenvalue weighted by Gasteiger charge is -2.19. The average Bonchev–Trinajstić information content (AvgIpc) is 2.29. The molecule has 0 aliphatic rings. The van der Waals surface area contributed by atoms with Gasteiger partial charge in [0.2, 0.25) is 0 Å². The third kappa shape index (κ3) is 4.00. The molecule has 0 saturated heterocycles. The average molecular weight is 234 g/mol. The number of nitrogens with one attached hydrogen (secondary N) is 1. The van der Waals surface area contributed by atoms with Crippen LogP contribution in [0.1, 0.15) is 31.9 Å². The van der Waals surface area contributed by atoms with Crippen LogP contribution in [0.3, 0.4) is 0 Å². The summed E-state index contributed by atoms with van der Waals surface area (Å²) in [6, 6.07) is 7.16. The molecule has 17 heavy (non-hydrogen) atoms. The van der Waals surface area contributed by atoms with E-state index in [1.165, 1.54) is 12.1 Å². The Balaban J connectivity index is 2.66. The molecular formula is C13H18N2O2. The molecule has 1 aromatic rings. The molecule has 0 saturated carbocycles. The Labute approximate surface area is 101 Å². The van der Waals surface area contributed by atoms with Gasteiger partial charge in [0.05, 0.1) is 4.92 Å².